The molecular weight excluding hydrogens is 376 g/mol. The molecule has 154 valence electrons. The summed E-state index contributed by atoms with van der Waals surface area (Å²) in [6.45, 7) is 1.11. The van der Waals surface area contributed by atoms with Crippen molar-refractivity contribution < 1.29 is 17.9 Å². The smallest absolute Gasteiger partial charge is 0.243 e. The minimum atomic E-state index is -3.55. The summed E-state index contributed by atoms with van der Waals surface area (Å²) < 4.78 is 32.8. The van der Waals surface area contributed by atoms with Crippen LogP contribution in [0.25, 0.3) is 0 Å². The lowest BCUT2D eigenvalue weighted by atomic mass is 9.86. The van der Waals surface area contributed by atoms with Crippen LogP contribution in [0, 0.1) is 17.8 Å². The molecule has 0 unspecified atom stereocenters. The number of fused-ring (bicyclic) bond motifs is 2. The van der Waals surface area contributed by atoms with Crippen LogP contribution in [-0.2, 0) is 14.8 Å². The van der Waals surface area contributed by atoms with E-state index in [4.69, 9.17) is 4.74 Å². The van der Waals surface area contributed by atoms with Crippen molar-refractivity contribution in [2.24, 2.45) is 17.8 Å². The van der Waals surface area contributed by atoms with Crippen LogP contribution >= 0.6 is 0 Å². The van der Waals surface area contributed by atoms with Crippen molar-refractivity contribution >= 4 is 21.6 Å². The number of piperidine rings is 1. The molecule has 2 bridgehead atoms. The Bertz CT molecular complexity index is 833. The molecule has 7 heteroatoms. The number of nitrogens with zero attached hydrogens (tertiary/aromatic N) is 1. The lowest BCUT2D eigenvalue weighted by Gasteiger charge is -2.26. The molecule has 1 aromatic carbocycles. The van der Waals surface area contributed by atoms with Crippen molar-refractivity contribution in [3.63, 3.8) is 0 Å². The van der Waals surface area contributed by atoms with Gasteiger partial charge in [-0.1, -0.05) is 12.8 Å². The van der Waals surface area contributed by atoms with Gasteiger partial charge in [-0.25, -0.2) is 8.42 Å². The fourth-order valence-electron chi connectivity index (χ4n) is 5.27. The summed E-state index contributed by atoms with van der Waals surface area (Å²) in [5.74, 6) is 2.38. The number of carbonyl (C=O) groups is 1. The maximum absolute atomic E-state index is 13.0. The lowest BCUT2D eigenvalue weighted by Crippen LogP contribution is -2.35. The van der Waals surface area contributed by atoms with Gasteiger partial charge in [0, 0.05) is 19.5 Å². The second-order valence-corrected chi connectivity index (χ2v) is 10.5. The first-order chi connectivity index (χ1) is 13.5. The predicted molar refractivity (Wildman–Crippen MR) is 108 cm³/mol. The summed E-state index contributed by atoms with van der Waals surface area (Å²) in [4.78, 5) is 12.9. The van der Waals surface area contributed by atoms with Gasteiger partial charge in [0.05, 0.1) is 17.7 Å². The maximum atomic E-state index is 13.0. The Morgan fingerprint density at radius 1 is 1.18 bits per heavy atom. The van der Waals surface area contributed by atoms with Gasteiger partial charge in [0.25, 0.3) is 0 Å². The molecule has 1 heterocycles. The highest BCUT2D eigenvalue weighted by Gasteiger charge is 2.40. The first-order valence-corrected chi connectivity index (χ1v) is 11.9. The number of hydrogen-bond donors (Lipinski definition) is 1. The van der Waals surface area contributed by atoms with Gasteiger partial charge in [-0.15, -0.1) is 0 Å². The SMILES string of the molecule is COc1ccc(S(=O)(=O)N2CCCCC2)cc1NC(=O)C[C@H]1C[C@@H]2CC[C@@H]1C2. The van der Waals surface area contributed by atoms with Crippen LogP contribution in [0.15, 0.2) is 23.1 Å². The van der Waals surface area contributed by atoms with E-state index in [1.165, 1.54) is 26.4 Å². The minimum Gasteiger partial charge on any atom is -0.495 e. The predicted octanol–water partition coefficient (Wildman–Crippen LogP) is 3.63. The number of hydrogen-bond acceptors (Lipinski definition) is 4. The Morgan fingerprint density at radius 2 is 1.96 bits per heavy atom. The average molecular weight is 407 g/mol. The number of rotatable bonds is 6. The molecule has 28 heavy (non-hydrogen) atoms. The van der Waals surface area contributed by atoms with Gasteiger partial charge in [-0.05, 0) is 68.1 Å². The van der Waals surface area contributed by atoms with E-state index in [0.29, 0.717) is 42.8 Å². The molecule has 1 N–H and O–H groups in total. The van der Waals surface area contributed by atoms with Crippen LogP contribution in [0.2, 0.25) is 0 Å². The van der Waals surface area contributed by atoms with E-state index in [0.717, 1.165) is 31.6 Å². The van der Waals surface area contributed by atoms with Crippen LogP contribution in [0.1, 0.15) is 51.4 Å². The summed E-state index contributed by atoms with van der Waals surface area (Å²) in [6.07, 6.45) is 8.34. The van der Waals surface area contributed by atoms with E-state index in [-0.39, 0.29) is 10.8 Å². The summed E-state index contributed by atoms with van der Waals surface area (Å²) in [7, 11) is -2.02. The molecule has 1 aliphatic heterocycles. The number of benzene rings is 1. The van der Waals surface area contributed by atoms with E-state index in [9.17, 15) is 13.2 Å². The van der Waals surface area contributed by atoms with Crippen molar-refractivity contribution in [2.75, 3.05) is 25.5 Å². The third-order valence-corrected chi connectivity index (χ3v) is 8.62. The van der Waals surface area contributed by atoms with E-state index in [1.54, 1.807) is 22.5 Å². The van der Waals surface area contributed by atoms with E-state index < -0.39 is 10.0 Å². The largest absolute Gasteiger partial charge is 0.495 e. The van der Waals surface area contributed by atoms with Crippen LogP contribution in [0.5, 0.6) is 5.75 Å². The lowest BCUT2D eigenvalue weighted by molar-refractivity contribution is -0.117. The first kappa shape index (κ1) is 19.7. The van der Waals surface area contributed by atoms with Crippen molar-refractivity contribution in [3.8, 4) is 5.75 Å². The number of nitrogens with one attached hydrogen (secondary N) is 1. The topological polar surface area (TPSA) is 75.7 Å². The first-order valence-electron chi connectivity index (χ1n) is 10.5. The van der Waals surface area contributed by atoms with Gasteiger partial charge < -0.3 is 10.1 Å². The number of methoxy groups -OCH3 is 1. The Morgan fingerprint density at radius 3 is 2.61 bits per heavy atom. The summed E-state index contributed by atoms with van der Waals surface area (Å²) >= 11 is 0. The molecule has 2 saturated carbocycles. The molecule has 3 fully saturated rings. The average Bonchev–Trinajstić information content (AvgIpc) is 3.31. The summed E-state index contributed by atoms with van der Waals surface area (Å²) in [5.41, 5.74) is 0.439. The second kappa shape index (κ2) is 8.03. The van der Waals surface area contributed by atoms with Crippen molar-refractivity contribution in [1.29, 1.82) is 0 Å². The molecule has 3 atom stereocenters. The van der Waals surface area contributed by atoms with Crippen molar-refractivity contribution in [1.82, 2.24) is 4.31 Å². The highest BCUT2D eigenvalue weighted by molar-refractivity contribution is 7.89. The molecule has 3 aliphatic rings. The molecule has 1 saturated heterocycles. The Labute approximate surface area is 167 Å². The van der Waals surface area contributed by atoms with Gasteiger partial charge in [0.15, 0.2) is 0 Å². The van der Waals surface area contributed by atoms with Gasteiger partial charge in [-0.3, -0.25) is 4.79 Å². The zero-order valence-electron chi connectivity index (χ0n) is 16.5. The third-order valence-electron chi connectivity index (χ3n) is 6.73. The van der Waals surface area contributed by atoms with Crippen LogP contribution < -0.4 is 10.1 Å². The molecule has 4 rings (SSSR count). The molecule has 1 aromatic rings. The standard InChI is InChI=1S/C21H30N2O4S/c1-27-20-8-7-18(28(25,26)23-9-3-2-4-10-23)14-19(20)22-21(24)13-17-12-15-5-6-16(17)11-15/h7-8,14-17H,2-6,9-13H2,1H3,(H,22,24)/t15-,16-,17-/m1/s1. The number of anilines is 1. The summed E-state index contributed by atoms with van der Waals surface area (Å²) in [6, 6.07) is 4.74. The maximum Gasteiger partial charge on any atom is 0.243 e. The molecule has 0 aromatic heterocycles. The highest BCUT2D eigenvalue weighted by Crippen LogP contribution is 2.49. The fourth-order valence-corrected chi connectivity index (χ4v) is 6.81. The zero-order chi connectivity index (χ0) is 19.7. The van der Waals surface area contributed by atoms with Gasteiger partial charge in [-0.2, -0.15) is 4.31 Å². The van der Waals surface area contributed by atoms with E-state index >= 15 is 0 Å². The monoisotopic (exact) mass is 406 g/mol. The van der Waals surface area contributed by atoms with Crippen LogP contribution in [0.3, 0.4) is 0 Å². The van der Waals surface area contributed by atoms with Gasteiger partial charge in [0.2, 0.25) is 15.9 Å². The molecule has 0 spiro atoms. The van der Waals surface area contributed by atoms with E-state index in [2.05, 4.69) is 5.32 Å². The number of carbonyl (C=O) groups excluding carboxylic acids is 1. The quantitative estimate of drug-likeness (QED) is 0.783. The molecule has 0 radical (unpaired) electrons. The van der Waals surface area contributed by atoms with Gasteiger partial charge >= 0.3 is 0 Å². The zero-order valence-corrected chi connectivity index (χ0v) is 17.3. The van der Waals surface area contributed by atoms with Crippen molar-refractivity contribution in [2.45, 2.75) is 56.3 Å². The summed E-state index contributed by atoms with van der Waals surface area (Å²) in [5, 5.41) is 2.92. The number of sulfonamides is 1. The Balaban J connectivity index is 1.49. The third kappa shape index (κ3) is 3.92. The van der Waals surface area contributed by atoms with E-state index in [1.807, 2.05) is 0 Å². The molecular formula is C21H30N2O4S. The number of ether oxygens (including phenoxy) is 1. The van der Waals surface area contributed by atoms with Gasteiger partial charge in [0.1, 0.15) is 5.75 Å². The number of amides is 1. The molecule has 2 aliphatic carbocycles. The second-order valence-electron chi connectivity index (χ2n) is 8.51. The Kier molecular flexibility index (Phi) is 5.65. The van der Waals surface area contributed by atoms with Crippen LogP contribution in [-0.4, -0.2) is 38.8 Å². The molecule has 6 nitrogen and oxygen atoms in total. The van der Waals surface area contributed by atoms with Crippen molar-refractivity contribution in [3.05, 3.63) is 18.2 Å². The van der Waals surface area contributed by atoms with Crippen LogP contribution in [0.4, 0.5) is 5.69 Å². The fraction of sp³-hybridized carbons (Fsp3) is 0.667. The highest BCUT2D eigenvalue weighted by atomic mass is 32.2. The molecule has 1 amide bonds. The normalized spacial score (nSPS) is 27.7. The minimum absolute atomic E-state index is 0.0524. The Hall–Kier alpha value is -1.60.